The minimum absolute atomic E-state index is 0.0660. The van der Waals surface area contributed by atoms with Crippen LogP contribution in [0.15, 0.2) is 42.5 Å². The molecule has 1 saturated heterocycles. The Morgan fingerprint density at radius 1 is 1.03 bits per heavy atom. The molecule has 3 aromatic rings. The van der Waals surface area contributed by atoms with Crippen LogP contribution >= 0.6 is 0 Å². The van der Waals surface area contributed by atoms with Gasteiger partial charge in [0.25, 0.3) is 5.91 Å². The van der Waals surface area contributed by atoms with Crippen LogP contribution in [0.1, 0.15) is 34.6 Å². The molecule has 1 amide bonds. The van der Waals surface area contributed by atoms with Crippen molar-refractivity contribution in [1.82, 2.24) is 20.0 Å². The Morgan fingerprint density at radius 2 is 1.77 bits per heavy atom. The zero-order valence-corrected chi connectivity index (χ0v) is 17.5. The van der Waals surface area contributed by atoms with Crippen LogP contribution < -0.4 is 10.2 Å². The standard InChI is InChI=1S/C22H24N6O3/c1-15-5-7-17(8-6-15)28-20(13-16(2)26-28)23-21(29)14-31-22(30)18-9-10-19(25-24-18)27-11-3-4-12-27/h5-10,13H,3-4,11-12,14H2,1-2H3,(H,23,29). The fourth-order valence-electron chi connectivity index (χ4n) is 3.40. The summed E-state index contributed by atoms with van der Waals surface area (Å²) in [7, 11) is 0. The molecule has 9 heteroatoms. The van der Waals surface area contributed by atoms with E-state index in [0.717, 1.165) is 48.7 Å². The van der Waals surface area contributed by atoms with Crippen molar-refractivity contribution < 1.29 is 14.3 Å². The number of ether oxygens (including phenoxy) is 1. The van der Waals surface area contributed by atoms with Gasteiger partial charge in [-0.15, -0.1) is 10.2 Å². The molecule has 0 atom stereocenters. The number of benzene rings is 1. The predicted octanol–water partition coefficient (Wildman–Crippen LogP) is 2.67. The van der Waals surface area contributed by atoms with Crippen LogP contribution in [0.3, 0.4) is 0 Å². The van der Waals surface area contributed by atoms with Crippen molar-refractivity contribution in [3.05, 3.63) is 59.4 Å². The molecule has 1 fully saturated rings. The number of aromatic nitrogens is 4. The van der Waals surface area contributed by atoms with E-state index < -0.39 is 18.5 Å². The van der Waals surface area contributed by atoms with Gasteiger partial charge in [-0.05, 0) is 51.0 Å². The lowest BCUT2D eigenvalue weighted by molar-refractivity contribution is -0.119. The molecule has 1 aliphatic heterocycles. The van der Waals surface area contributed by atoms with Gasteiger partial charge in [0.05, 0.1) is 11.4 Å². The number of esters is 1. The molecule has 0 saturated carbocycles. The molecule has 1 N–H and O–H groups in total. The average molecular weight is 420 g/mol. The highest BCUT2D eigenvalue weighted by molar-refractivity contribution is 5.94. The lowest BCUT2D eigenvalue weighted by Gasteiger charge is -2.15. The van der Waals surface area contributed by atoms with Gasteiger partial charge < -0.3 is 15.0 Å². The number of hydrogen-bond donors (Lipinski definition) is 1. The summed E-state index contributed by atoms with van der Waals surface area (Å²) in [6.45, 7) is 5.28. The molecule has 160 valence electrons. The number of nitrogens with one attached hydrogen (secondary N) is 1. The fourth-order valence-corrected chi connectivity index (χ4v) is 3.40. The zero-order valence-electron chi connectivity index (χ0n) is 17.5. The van der Waals surface area contributed by atoms with Gasteiger partial charge in [0.15, 0.2) is 18.1 Å². The number of nitrogens with zero attached hydrogens (tertiary/aromatic N) is 5. The number of carbonyl (C=O) groups excluding carboxylic acids is 2. The third kappa shape index (κ3) is 4.88. The van der Waals surface area contributed by atoms with E-state index in [4.69, 9.17) is 4.74 Å². The lowest BCUT2D eigenvalue weighted by atomic mass is 10.2. The molecule has 3 heterocycles. The summed E-state index contributed by atoms with van der Waals surface area (Å²) in [4.78, 5) is 26.7. The zero-order chi connectivity index (χ0) is 21.8. The maximum absolute atomic E-state index is 12.4. The Morgan fingerprint density at radius 3 is 2.45 bits per heavy atom. The summed E-state index contributed by atoms with van der Waals surface area (Å²) in [6, 6.07) is 12.8. The average Bonchev–Trinajstić information content (AvgIpc) is 3.43. The number of carbonyl (C=O) groups is 2. The minimum atomic E-state index is -0.696. The van der Waals surface area contributed by atoms with E-state index in [9.17, 15) is 9.59 Å². The highest BCUT2D eigenvalue weighted by atomic mass is 16.5. The summed E-state index contributed by atoms with van der Waals surface area (Å²) in [5, 5.41) is 15.2. The fraction of sp³-hybridized carbons (Fsp3) is 0.318. The number of amides is 1. The molecule has 0 spiro atoms. The van der Waals surface area contributed by atoms with Crippen LogP contribution in [-0.2, 0) is 9.53 Å². The molecule has 0 aliphatic carbocycles. The Bertz CT molecular complexity index is 1070. The number of rotatable bonds is 6. The van der Waals surface area contributed by atoms with Crippen molar-refractivity contribution in [2.24, 2.45) is 0 Å². The van der Waals surface area contributed by atoms with E-state index >= 15 is 0 Å². The second kappa shape index (κ2) is 8.95. The second-order valence-corrected chi connectivity index (χ2v) is 7.51. The molecule has 2 aromatic heterocycles. The van der Waals surface area contributed by atoms with Crippen LogP contribution in [0.25, 0.3) is 5.69 Å². The van der Waals surface area contributed by atoms with E-state index in [2.05, 4.69) is 25.5 Å². The quantitative estimate of drug-likeness (QED) is 0.612. The van der Waals surface area contributed by atoms with E-state index in [1.54, 1.807) is 22.9 Å². The van der Waals surface area contributed by atoms with Crippen molar-refractivity contribution in [3.8, 4) is 5.69 Å². The number of aryl methyl sites for hydroxylation is 2. The molecule has 0 unspecified atom stereocenters. The summed E-state index contributed by atoms with van der Waals surface area (Å²) >= 11 is 0. The van der Waals surface area contributed by atoms with Crippen LogP contribution in [0.5, 0.6) is 0 Å². The van der Waals surface area contributed by atoms with Gasteiger partial charge in [-0.3, -0.25) is 4.79 Å². The third-order valence-corrected chi connectivity index (χ3v) is 5.00. The van der Waals surface area contributed by atoms with Gasteiger partial charge in [0.2, 0.25) is 0 Å². The first-order valence-corrected chi connectivity index (χ1v) is 10.2. The van der Waals surface area contributed by atoms with Crippen molar-refractivity contribution in [2.75, 3.05) is 29.9 Å². The minimum Gasteiger partial charge on any atom is -0.451 e. The molecular weight excluding hydrogens is 396 g/mol. The van der Waals surface area contributed by atoms with Crippen molar-refractivity contribution >= 4 is 23.5 Å². The normalized spacial score (nSPS) is 13.3. The summed E-state index contributed by atoms with van der Waals surface area (Å²) < 4.78 is 6.73. The summed E-state index contributed by atoms with van der Waals surface area (Å²) in [5.41, 5.74) is 2.76. The van der Waals surface area contributed by atoms with Gasteiger partial charge in [0, 0.05) is 19.2 Å². The summed E-state index contributed by atoms with van der Waals surface area (Å²) in [6.07, 6.45) is 2.26. The molecule has 31 heavy (non-hydrogen) atoms. The van der Waals surface area contributed by atoms with Gasteiger partial charge in [-0.2, -0.15) is 5.10 Å². The largest absolute Gasteiger partial charge is 0.451 e. The van der Waals surface area contributed by atoms with Gasteiger partial charge in [-0.25, -0.2) is 9.48 Å². The van der Waals surface area contributed by atoms with Gasteiger partial charge in [0.1, 0.15) is 5.82 Å². The van der Waals surface area contributed by atoms with Crippen molar-refractivity contribution in [3.63, 3.8) is 0 Å². The maximum Gasteiger partial charge on any atom is 0.359 e. The molecule has 0 bridgehead atoms. The predicted molar refractivity (Wildman–Crippen MR) is 115 cm³/mol. The van der Waals surface area contributed by atoms with Crippen LogP contribution in [-0.4, -0.2) is 51.6 Å². The van der Waals surface area contributed by atoms with Crippen molar-refractivity contribution in [2.45, 2.75) is 26.7 Å². The maximum atomic E-state index is 12.4. The van der Waals surface area contributed by atoms with E-state index in [1.165, 1.54) is 0 Å². The number of anilines is 2. The van der Waals surface area contributed by atoms with E-state index in [1.807, 2.05) is 38.1 Å². The first-order valence-electron chi connectivity index (χ1n) is 10.2. The van der Waals surface area contributed by atoms with Gasteiger partial charge >= 0.3 is 5.97 Å². The number of hydrogen-bond acceptors (Lipinski definition) is 7. The van der Waals surface area contributed by atoms with Crippen molar-refractivity contribution in [1.29, 1.82) is 0 Å². The summed E-state index contributed by atoms with van der Waals surface area (Å²) in [5.74, 6) is 0.0748. The Kier molecular flexibility index (Phi) is 5.92. The topological polar surface area (TPSA) is 102 Å². The monoisotopic (exact) mass is 420 g/mol. The second-order valence-electron chi connectivity index (χ2n) is 7.51. The lowest BCUT2D eigenvalue weighted by Crippen LogP contribution is -2.23. The molecule has 1 aromatic carbocycles. The Balaban J connectivity index is 1.35. The highest BCUT2D eigenvalue weighted by Gasteiger charge is 2.17. The molecule has 1 aliphatic rings. The molecule has 9 nitrogen and oxygen atoms in total. The van der Waals surface area contributed by atoms with E-state index in [0.29, 0.717) is 5.82 Å². The SMILES string of the molecule is Cc1ccc(-n2nc(C)cc2NC(=O)COC(=O)c2ccc(N3CCCC3)nn2)cc1. The highest BCUT2D eigenvalue weighted by Crippen LogP contribution is 2.18. The first kappa shape index (κ1) is 20.5. The van der Waals surface area contributed by atoms with Crippen LogP contribution in [0.4, 0.5) is 11.6 Å². The Hall–Kier alpha value is -3.75. The van der Waals surface area contributed by atoms with Crippen LogP contribution in [0.2, 0.25) is 0 Å². The van der Waals surface area contributed by atoms with Gasteiger partial charge in [-0.1, -0.05) is 17.7 Å². The Labute approximate surface area is 180 Å². The molecule has 0 radical (unpaired) electrons. The molecule has 4 rings (SSSR count). The molecular formula is C22H24N6O3. The smallest absolute Gasteiger partial charge is 0.359 e. The van der Waals surface area contributed by atoms with E-state index in [-0.39, 0.29) is 5.69 Å². The third-order valence-electron chi connectivity index (χ3n) is 5.00. The van der Waals surface area contributed by atoms with Crippen LogP contribution in [0, 0.1) is 13.8 Å². The first-order chi connectivity index (χ1) is 15.0.